The molecule has 0 heterocycles. The Bertz CT molecular complexity index is 566. The van der Waals surface area contributed by atoms with E-state index in [1.54, 1.807) is 6.07 Å². The number of nitrogens with zero attached hydrogens (tertiary/aromatic N) is 1. The monoisotopic (exact) mass is 272 g/mol. The van der Waals surface area contributed by atoms with Crippen molar-refractivity contribution in [3.63, 3.8) is 0 Å². The summed E-state index contributed by atoms with van der Waals surface area (Å²) in [7, 11) is 4.03. The zero-order valence-corrected chi connectivity index (χ0v) is 12.2. The second-order valence-electron chi connectivity index (χ2n) is 5.25. The van der Waals surface area contributed by atoms with E-state index in [0.717, 1.165) is 16.9 Å². The van der Waals surface area contributed by atoms with Crippen LogP contribution in [0.15, 0.2) is 48.5 Å². The lowest BCUT2D eigenvalue weighted by atomic mass is 10.1. The molecule has 2 nitrogen and oxygen atoms in total. The lowest BCUT2D eigenvalue weighted by Crippen LogP contribution is -2.21. The summed E-state index contributed by atoms with van der Waals surface area (Å²) in [4.78, 5) is 2.07. The topological polar surface area (TPSA) is 15.3 Å². The van der Waals surface area contributed by atoms with Crippen LogP contribution in [0.2, 0.25) is 0 Å². The van der Waals surface area contributed by atoms with E-state index in [9.17, 15) is 4.39 Å². The van der Waals surface area contributed by atoms with Crippen LogP contribution in [0, 0.1) is 5.82 Å². The molecule has 2 aromatic carbocycles. The number of rotatable bonds is 5. The van der Waals surface area contributed by atoms with Crippen LogP contribution in [0.3, 0.4) is 0 Å². The first-order chi connectivity index (χ1) is 9.58. The Labute approximate surface area is 120 Å². The largest absolute Gasteiger partial charge is 0.381 e. The number of anilines is 2. The van der Waals surface area contributed by atoms with Gasteiger partial charge in [0.1, 0.15) is 5.82 Å². The van der Waals surface area contributed by atoms with Crippen LogP contribution in [0.4, 0.5) is 15.8 Å². The zero-order valence-electron chi connectivity index (χ0n) is 12.2. The molecule has 1 N–H and O–H groups in total. The lowest BCUT2D eigenvalue weighted by molar-refractivity contribution is 0.601. The summed E-state index contributed by atoms with van der Waals surface area (Å²) in [5.41, 5.74) is 2.95. The number of benzene rings is 2. The maximum Gasteiger partial charge on any atom is 0.126 e. The third-order valence-electron chi connectivity index (χ3n) is 3.27. The Balaban J connectivity index is 2.09. The predicted molar refractivity (Wildman–Crippen MR) is 84.0 cm³/mol. The molecular weight excluding hydrogens is 251 g/mol. The molecule has 0 aromatic heterocycles. The fourth-order valence-corrected chi connectivity index (χ4v) is 2.30. The minimum absolute atomic E-state index is 0.137. The van der Waals surface area contributed by atoms with Gasteiger partial charge in [-0.2, -0.15) is 0 Å². The fraction of sp³-hybridized carbons (Fsp3) is 0.294. The molecule has 0 saturated carbocycles. The van der Waals surface area contributed by atoms with Crippen molar-refractivity contribution in [2.45, 2.75) is 19.4 Å². The van der Waals surface area contributed by atoms with Crippen molar-refractivity contribution in [1.82, 2.24) is 0 Å². The highest BCUT2D eigenvalue weighted by Crippen LogP contribution is 2.24. The minimum atomic E-state index is -0.137. The third kappa shape index (κ3) is 3.50. The van der Waals surface area contributed by atoms with Crippen molar-refractivity contribution >= 4 is 11.4 Å². The van der Waals surface area contributed by atoms with E-state index in [1.807, 2.05) is 44.4 Å². The van der Waals surface area contributed by atoms with Gasteiger partial charge in [-0.1, -0.05) is 30.3 Å². The molecule has 2 rings (SSSR count). The molecule has 0 amide bonds. The summed E-state index contributed by atoms with van der Waals surface area (Å²) in [6.45, 7) is 2.07. The quantitative estimate of drug-likeness (QED) is 0.887. The van der Waals surface area contributed by atoms with E-state index < -0.39 is 0 Å². The summed E-state index contributed by atoms with van der Waals surface area (Å²) >= 11 is 0. The van der Waals surface area contributed by atoms with Crippen LogP contribution in [0.25, 0.3) is 0 Å². The first-order valence-corrected chi connectivity index (χ1v) is 6.84. The highest BCUT2D eigenvalue weighted by Gasteiger charge is 2.10. The van der Waals surface area contributed by atoms with E-state index in [2.05, 4.69) is 23.2 Å². The molecule has 1 atom stereocenters. The van der Waals surface area contributed by atoms with Crippen LogP contribution in [0.5, 0.6) is 0 Å². The van der Waals surface area contributed by atoms with E-state index >= 15 is 0 Å². The molecule has 0 aliphatic heterocycles. The Morgan fingerprint density at radius 3 is 2.40 bits per heavy atom. The van der Waals surface area contributed by atoms with Crippen LogP contribution in [-0.4, -0.2) is 20.1 Å². The Hall–Kier alpha value is -2.03. The molecule has 0 spiro atoms. The Morgan fingerprint density at radius 2 is 1.70 bits per heavy atom. The molecule has 0 fully saturated rings. The molecule has 106 valence electrons. The number of nitrogens with one attached hydrogen (secondary N) is 1. The van der Waals surface area contributed by atoms with E-state index in [1.165, 1.54) is 6.07 Å². The summed E-state index contributed by atoms with van der Waals surface area (Å²) in [5, 5.41) is 3.46. The zero-order chi connectivity index (χ0) is 14.5. The number of para-hydroxylation sites is 2. The lowest BCUT2D eigenvalue weighted by Gasteiger charge is -2.22. The molecule has 1 unspecified atom stereocenters. The summed E-state index contributed by atoms with van der Waals surface area (Å²) < 4.78 is 13.7. The molecule has 0 aliphatic carbocycles. The van der Waals surface area contributed by atoms with Crippen molar-refractivity contribution in [2.75, 3.05) is 24.3 Å². The van der Waals surface area contributed by atoms with E-state index in [0.29, 0.717) is 6.42 Å². The van der Waals surface area contributed by atoms with Gasteiger partial charge in [0.25, 0.3) is 0 Å². The molecule has 0 bridgehead atoms. The van der Waals surface area contributed by atoms with Crippen molar-refractivity contribution in [3.8, 4) is 0 Å². The molecule has 2 aromatic rings. The van der Waals surface area contributed by atoms with Crippen LogP contribution >= 0.6 is 0 Å². The van der Waals surface area contributed by atoms with Crippen molar-refractivity contribution in [3.05, 3.63) is 59.9 Å². The van der Waals surface area contributed by atoms with Gasteiger partial charge in [0, 0.05) is 20.1 Å². The van der Waals surface area contributed by atoms with E-state index in [-0.39, 0.29) is 11.9 Å². The number of halogens is 1. The van der Waals surface area contributed by atoms with Gasteiger partial charge in [-0.25, -0.2) is 4.39 Å². The normalized spacial score (nSPS) is 12.0. The molecule has 0 saturated heterocycles. The SMILES string of the molecule is CC(Cc1ccccc1F)Nc1ccccc1N(C)C. The average Bonchev–Trinajstić information content (AvgIpc) is 2.41. The molecule has 3 heteroatoms. The second kappa shape index (κ2) is 6.42. The van der Waals surface area contributed by atoms with Crippen molar-refractivity contribution in [1.29, 1.82) is 0 Å². The highest BCUT2D eigenvalue weighted by molar-refractivity contribution is 5.69. The molecule has 0 aliphatic rings. The van der Waals surface area contributed by atoms with Gasteiger partial charge in [0.05, 0.1) is 11.4 Å². The van der Waals surface area contributed by atoms with Crippen LogP contribution < -0.4 is 10.2 Å². The number of hydrogen-bond acceptors (Lipinski definition) is 2. The fourth-order valence-electron chi connectivity index (χ4n) is 2.30. The average molecular weight is 272 g/mol. The summed E-state index contributed by atoms with van der Waals surface area (Å²) in [6.07, 6.45) is 0.661. The maximum atomic E-state index is 13.7. The Kier molecular flexibility index (Phi) is 4.61. The van der Waals surface area contributed by atoms with Gasteiger partial charge in [-0.15, -0.1) is 0 Å². The van der Waals surface area contributed by atoms with Gasteiger partial charge in [0.2, 0.25) is 0 Å². The standard InChI is InChI=1S/C17H21FN2/c1-13(12-14-8-4-5-9-15(14)18)19-16-10-6-7-11-17(16)20(2)3/h4-11,13,19H,12H2,1-3H3. The van der Waals surface area contributed by atoms with Crippen molar-refractivity contribution in [2.24, 2.45) is 0 Å². The van der Waals surface area contributed by atoms with E-state index in [4.69, 9.17) is 0 Å². The Morgan fingerprint density at radius 1 is 1.05 bits per heavy atom. The van der Waals surface area contributed by atoms with Gasteiger partial charge < -0.3 is 10.2 Å². The third-order valence-corrected chi connectivity index (χ3v) is 3.27. The molecule has 0 radical (unpaired) electrons. The van der Waals surface area contributed by atoms with Gasteiger partial charge >= 0.3 is 0 Å². The minimum Gasteiger partial charge on any atom is -0.381 e. The van der Waals surface area contributed by atoms with Gasteiger partial charge in [-0.05, 0) is 37.1 Å². The first kappa shape index (κ1) is 14.4. The highest BCUT2D eigenvalue weighted by atomic mass is 19.1. The van der Waals surface area contributed by atoms with Crippen molar-refractivity contribution < 1.29 is 4.39 Å². The smallest absolute Gasteiger partial charge is 0.126 e. The molecular formula is C17H21FN2. The summed E-state index contributed by atoms with van der Waals surface area (Å²) in [6, 6.07) is 15.2. The number of hydrogen-bond donors (Lipinski definition) is 1. The first-order valence-electron chi connectivity index (χ1n) is 6.84. The second-order valence-corrected chi connectivity index (χ2v) is 5.25. The van der Waals surface area contributed by atoms with Gasteiger partial charge in [0.15, 0.2) is 0 Å². The van der Waals surface area contributed by atoms with Gasteiger partial charge in [-0.3, -0.25) is 0 Å². The molecule has 20 heavy (non-hydrogen) atoms. The van der Waals surface area contributed by atoms with Crippen LogP contribution in [-0.2, 0) is 6.42 Å². The summed E-state index contributed by atoms with van der Waals surface area (Å²) in [5.74, 6) is -0.137. The van der Waals surface area contributed by atoms with Crippen LogP contribution in [0.1, 0.15) is 12.5 Å². The maximum absolute atomic E-state index is 13.7. The predicted octanol–water partition coefficient (Wildman–Crippen LogP) is 3.93.